The Balaban J connectivity index is 2.04. The minimum absolute atomic E-state index is 0.103. The lowest BCUT2D eigenvalue weighted by molar-refractivity contribution is 0.0961. The van der Waals surface area contributed by atoms with Crippen molar-refractivity contribution in [3.8, 4) is 5.75 Å². The molecule has 0 heterocycles. The summed E-state index contributed by atoms with van der Waals surface area (Å²) in [4.78, 5) is 24.3. The summed E-state index contributed by atoms with van der Waals surface area (Å²) in [5.41, 5.74) is 1.38. The van der Waals surface area contributed by atoms with Crippen molar-refractivity contribution >= 4 is 34.8 Å². The second-order valence-corrected chi connectivity index (χ2v) is 5.82. The molecule has 26 heavy (non-hydrogen) atoms. The number of thiocarbonyl (C=S) groups is 1. The Morgan fingerprint density at radius 2 is 1.85 bits per heavy atom. The van der Waals surface area contributed by atoms with Crippen molar-refractivity contribution in [2.24, 2.45) is 0 Å². The molecule has 2 aromatic carbocycles. The monoisotopic (exact) mass is 371 g/mol. The van der Waals surface area contributed by atoms with E-state index in [9.17, 15) is 9.59 Å². The summed E-state index contributed by atoms with van der Waals surface area (Å²) in [5, 5.41) is 8.15. The zero-order valence-corrected chi connectivity index (χ0v) is 15.5. The standard InChI is InChI=1S/C19H21N3O3S/c1-3-11-25-14-8-6-7-13(12-14)17(23)22-19(26)21-16-10-5-4-9-15(16)18(24)20-2/h4-10,12H,3,11H2,1-2H3,(H,20,24)(H2,21,22,23,26). The first-order chi connectivity index (χ1) is 12.5. The number of benzene rings is 2. The number of carbonyl (C=O) groups excluding carboxylic acids is 2. The van der Waals surface area contributed by atoms with Crippen LogP contribution >= 0.6 is 12.2 Å². The summed E-state index contributed by atoms with van der Waals surface area (Å²) >= 11 is 5.19. The molecule has 0 aliphatic carbocycles. The van der Waals surface area contributed by atoms with Gasteiger partial charge in [-0.25, -0.2) is 0 Å². The van der Waals surface area contributed by atoms with Crippen LogP contribution in [0, 0.1) is 0 Å². The highest BCUT2D eigenvalue weighted by atomic mass is 32.1. The Kier molecular flexibility index (Phi) is 7.11. The second-order valence-electron chi connectivity index (χ2n) is 5.41. The normalized spacial score (nSPS) is 9.92. The lowest BCUT2D eigenvalue weighted by Crippen LogP contribution is -2.34. The molecule has 3 N–H and O–H groups in total. The van der Waals surface area contributed by atoms with Gasteiger partial charge in [-0.1, -0.05) is 25.1 Å². The third-order valence-electron chi connectivity index (χ3n) is 3.44. The van der Waals surface area contributed by atoms with E-state index in [1.54, 1.807) is 55.6 Å². The van der Waals surface area contributed by atoms with E-state index >= 15 is 0 Å². The molecule has 7 heteroatoms. The highest BCUT2D eigenvalue weighted by Crippen LogP contribution is 2.16. The largest absolute Gasteiger partial charge is 0.494 e. The number of amides is 2. The van der Waals surface area contributed by atoms with Gasteiger partial charge in [-0.15, -0.1) is 0 Å². The Labute approximate surface area is 157 Å². The molecular weight excluding hydrogens is 350 g/mol. The van der Waals surface area contributed by atoms with Crippen molar-refractivity contribution in [3.63, 3.8) is 0 Å². The number of hydrogen-bond donors (Lipinski definition) is 3. The van der Waals surface area contributed by atoms with Gasteiger partial charge in [-0.2, -0.15) is 0 Å². The molecule has 0 spiro atoms. The van der Waals surface area contributed by atoms with Crippen LogP contribution in [-0.4, -0.2) is 30.6 Å². The van der Waals surface area contributed by atoms with Crippen LogP contribution in [0.15, 0.2) is 48.5 Å². The van der Waals surface area contributed by atoms with Gasteiger partial charge in [-0.05, 0) is 49.0 Å². The number of nitrogens with one attached hydrogen (secondary N) is 3. The van der Waals surface area contributed by atoms with Crippen LogP contribution in [0.5, 0.6) is 5.75 Å². The first kappa shape index (κ1) is 19.4. The summed E-state index contributed by atoms with van der Waals surface area (Å²) in [6.45, 7) is 2.60. The first-order valence-electron chi connectivity index (χ1n) is 8.21. The fraction of sp³-hybridized carbons (Fsp3) is 0.211. The van der Waals surface area contributed by atoms with Crippen molar-refractivity contribution < 1.29 is 14.3 Å². The van der Waals surface area contributed by atoms with Gasteiger partial charge in [-0.3, -0.25) is 14.9 Å². The Bertz CT molecular complexity index is 808. The average molecular weight is 371 g/mol. The smallest absolute Gasteiger partial charge is 0.257 e. The topological polar surface area (TPSA) is 79.5 Å². The SMILES string of the molecule is CCCOc1cccc(C(=O)NC(=S)Nc2ccccc2C(=O)NC)c1. The maximum atomic E-state index is 12.4. The molecule has 2 amide bonds. The number of ether oxygens (including phenoxy) is 1. The molecule has 0 saturated heterocycles. The van der Waals surface area contributed by atoms with Crippen LogP contribution in [0.2, 0.25) is 0 Å². The Morgan fingerprint density at radius 1 is 1.08 bits per heavy atom. The van der Waals surface area contributed by atoms with Gasteiger partial charge in [0, 0.05) is 12.6 Å². The molecular formula is C19H21N3O3S. The van der Waals surface area contributed by atoms with Crippen LogP contribution in [0.4, 0.5) is 5.69 Å². The molecule has 6 nitrogen and oxygen atoms in total. The Morgan fingerprint density at radius 3 is 2.58 bits per heavy atom. The number of anilines is 1. The van der Waals surface area contributed by atoms with E-state index in [-0.39, 0.29) is 16.9 Å². The lowest BCUT2D eigenvalue weighted by Gasteiger charge is -2.13. The number of carbonyl (C=O) groups is 2. The maximum Gasteiger partial charge on any atom is 0.257 e. The molecule has 136 valence electrons. The number of para-hydroxylation sites is 1. The van der Waals surface area contributed by atoms with Gasteiger partial charge in [0.1, 0.15) is 5.75 Å². The lowest BCUT2D eigenvalue weighted by atomic mass is 10.1. The van der Waals surface area contributed by atoms with Crippen molar-refractivity contribution in [1.29, 1.82) is 0 Å². The molecule has 0 unspecified atom stereocenters. The van der Waals surface area contributed by atoms with E-state index < -0.39 is 0 Å². The van der Waals surface area contributed by atoms with Crippen molar-refractivity contribution in [2.45, 2.75) is 13.3 Å². The van der Waals surface area contributed by atoms with Gasteiger partial charge >= 0.3 is 0 Å². The fourth-order valence-electron chi connectivity index (χ4n) is 2.20. The fourth-order valence-corrected chi connectivity index (χ4v) is 2.40. The zero-order valence-electron chi connectivity index (χ0n) is 14.7. The van der Waals surface area contributed by atoms with Crippen LogP contribution < -0.4 is 20.7 Å². The van der Waals surface area contributed by atoms with E-state index in [0.29, 0.717) is 29.2 Å². The number of rotatable bonds is 6. The van der Waals surface area contributed by atoms with E-state index in [4.69, 9.17) is 17.0 Å². The van der Waals surface area contributed by atoms with Crippen molar-refractivity contribution in [3.05, 3.63) is 59.7 Å². The van der Waals surface area contributed by atoms with Gasteiger partial charge in [0.05, 0.1) is 17.9 Å². The minimum atomic E-state index is -0.359. The van der Waals surface area contributed by atoms with Gasteiger partial charge < -0.3 is 15.4 Å². The molecule has 2 aromatic rings. The summed E-state index contributed by atoms with van der Waals surface area (Å²) in [5.74, 6) is 0.0215. The van der Waals surface area contributed by atoms with Gasteiger partial charge in [0.15, 0.2) is 5.11 Å². The van der Waals surface area contributed by atoms with Gasteiger partial charge in [0.25, 0.3) is 11.8 Å². The third-order valence-corrected chi connectivity index (χ3v) is 3.65. The van der Waals surface area contributed by atoms with E-state index in [2.05, 4.69) is 16.0 Å². The molecule has 0 radical (unpaired) electrons. The predicted octanol–water partition coefficient (Wildman–Crippen LogP) is 2.96. The van der Waals surface area contributed by atoms with Crippen LogP contribution in [-0.2, 0) is 0 Å². The quantitative estimate of drug-likeness (QED) is 0.681. The predicted molar refractivity (Wildman–Crippen MR) is 106 cm³/mol. The maximum absolute atomic E-state index is 12.4. The van der Waals surface area contributed by atoms with E-state index in [0.717, 1.165) is 6.42 Å². The summed E-state index contributed by atoms with van der Waals surface area (Å²) in [7, 11) is 1.55. The molecule has 2 rings (SSSR count). The number of hydrogen-bond acceptors (Lipinski definition) is 4. The molecule has 0 aliphatic rings. The van der Waals surface area contributed by atoms with Crippen molar-refractivity contribution in [2.75, 3.05) is 19.0 Å². The summed E-state index contributed by atoms with van der Waals surface area (Å²) in [6.07, 6.45) is 0.884. The first-order valence-corrected chi connectivity index (χ1v) is 8.62. The highest BCUT2D eigenvalue weighted by Gasteiger charge is 2.13. The summed E-state index contributed by atoms with van der Waals surface area (Å²) in [6, 6.07) is 13.8. The van der Waals surface area contributed by atoms with Gasteiger partial charge in [0.2, 0.25) is 0 Å². The molecule has 0 bridgehead atoms. The average Bonchev–Trinajstić information content (AvgIpc) is 2.66. The highest BCUT2D eigenvalue weighted by molar-refractivity contribution is 7.80. The molecule has 0 aliphatic heterocycles. The van der Waals surface area contributed by atoms with Crippen molar-refractivity contribution in [1.82, 2.24) is 10.6 Å². The minimum Gasteiger partial charge on any atom is -0.494 e. The van der Waals surface area contributed by atoms with Crippen LogP contribution in [0.25, 0.3) is 0 Å². The summed E-state index contributed by atoms with van der Waals surface area (Å²) < 4.78 is 5.53. The second kappa shape index (κ2) is 9.53. The molecule has 0 saturated carbocycles. The van der Waals surface area contributed by atoms with E-state index in [1.807, 2.05) is 6.92 Å². The molecule has 0 atom stereocenters. The van der Waals surface area contributed by atoms with E-state index in [1.165, 1.54) is 0 Å². The third kappa shape index (κ3) is 5.29. The van der Waals surface area contributed by atoms with Crippen LogP contribution in [0.3, 0.4) is 0 Å². The molecule has 0 aromatic heterocycles. The Hall–Kier alpha value is -2.93. The molecule has 0 fully saturated rings. The van der Waals surface area contributed by atoms with Crippen LogP contribution in [0.1, 0.15) is 34.1 Å². The zero-order chi connectivity index (χ0) is 18.9.